The summed E-state index contributed by atoms with van der Waals surface area (Å²) in [5.74, 6) is -1.88. The van der Waals surface area contributed by atoms with E-state index in [0.717, 1.165) is 24.3 Å². The van der Waals surface area contributed by atoms with Crippen LogP contribution in [0.4, 0.5) is 15.8 Å². The number of hydrogen-bond acceptors (Lipinski definition) is 5. The van der Waals surface area contributed by atoms with Crippen LogP contribution < -0.4 is 4.74 Å². The lowest BCUT2D eigenvalue weighted by Crippen LogP contribution is -1.98. The molecule has 0 saturated heterocycles. The van der Waals surface area contributed by atoms with Gasteiger partial charge in [-0.1, -0.05) is 17.7 Å². The zero-order valence-electron chi connectivity index (χ0n) is 10.2. The van der Waals surface area contributed by atoms with E-state index < -0.39 is 32.8 Å². The van der Waals surface area contributed by atoms with Crippen LogP contribution in [0.2, 0.25) is 5.02 Å². The summed E-state index contributed by atoms with van der Waals surface area (Å²) in [5.41, 5.74) is -1.36. The Bertz CT molecular complexity index is 738. The molecule has 2 aromatic carbocycles. The maximum Gasteiger partial charge on any atom is 0.346 e. The van der Waals surface area contributed by atoms with Gasteiger partial charge in [-0.25, -0.2) is 0 Å². The maximum atomic E-state index is 13.5. The highest BCUT2D eigenvalue weighted by Crippen LogP contribution is 2.38. The highest BCUT2D eigenvalue weighted by atomic mass is 35.5. The number of para-hydroxylation sites is 1. The van der Waals surface area contributed by atoms with Crippen LogP contribution in [0.25, 0.3) is 0 Å². The summed E-state index contributed by atoms with van der Waals surface area (Å²) in [6, 6.07) is 6.68. The molecule has 0 amide bonds. The molecule has 0 aromatic heterocycles. The van der Waals surface area contributed by atoms with E-state index in [1.807, 2.05) is 0 Å². The molecule has 0 fully saturated rings. The molecule has 0 aliphatic rings. The van der Waals surface area contributed by atoms with Crippen molar-refractivity contribution in [2.75, 3.05) is 0 Å². The molecule has 0 N–H and O–H groups in total. The van der Waals surface area contributed by atoms with Gasteiger partial charge in [-0.3, -0.25) is 20.2 Å². The van der Waals surface area contributed by atoms with Gasteiger partial charge in [0.15, 0.2) is 0 Å². The van der Waals surface area contributed by atoms with Crippen molar-refractivity contribution in [3.63, 3.8) is 0 Å². The van der Waals surface area contributed by atoms with Crippen LogP contribution >= 0.6 is 11.6 Å². The van der Waals surface area contributed by atoms with Gasteiger partial charge in [-0.2, -0.15) is 4.39 Å². The Hall–Kier alpha value is -2.74. The fourth-order valence-electron chi connectivity index (χ4n) is 1.59. The van der Waals surface area contributed by atoms with Crippen LogP contribution in [0.3, 0.4) is 0 Å². The third-order valence-corrected chi connectivity index (χ3v) is 2.71. The molecule has 0 atom stereocenters. The highest BCUT2D eigenvalue weighted by Gasteiger charge is 2.24. The van der Waals surface area contributed by atoms with Crippen molar-refractivity contribution < 1.29 is 19.0 Å². The van der Waals surface area contributed by atoms with Crippen molar-refractivity contribution in [2.24, 2.45) is 0 Å². The van der Waals surface area contributed by atoms with Crippen molar-refractivity contribution in [2.45, 2.75) is 0 Å². The summed E-state index contributed by atoms with van der Waals surface area (Å²) in [6.07, 6.45) is 0. The zero-order valence-corrected chi connectivity index (χ0v) is 10.9. The maximum absolute atomic E-state index is 13.5. The lowest BCUT2D eigenvalue weighted by molar-refractivity contribution is -0.389. The topological polar surface area (TPSA) is 95.5 Å². The molecule has 0 unspecified atom stereocenters. The molecule has 9 heteroatoms. The van der Waals surface area contributed by atoms with Crippen LogP contribution in [0.5, 0.6) is 11.5 Å². The van der Waals surface area contributed by atoms with Gasteiger partial charge < -0.3 is 4.74 Å². The van der Waals surface area contributed by atoms with Gasteiger partial charge in [0.05, 0.1) is 9.85 Å². The molecular formula is C12H6ClFN2O5. The summed E-state index contributed by atoms with van der Waals surface area (Å²) < 4.78 is 18.6. The second-order valence-electron chi connectivity index (χ2n) is 3.81. The van der Waals surface area contributed by atoms with Crippen LogP contribution in [0.1, 0.15) is 0 Å². The Kier molecular flexibility index (Phi) is 3.99. The van der Waals surface area contributed by atoms with Crippen molar-refractivity contribution >= 4 is 23.0 Å². The minimum Gasteiger partial charge on any atom is -0.443 e. The molecule has 0 aliphatic heterocycles. The van der Waals surface area contributed by atoms with Gasteiger partial charge >= 0.3 is 11.4 Å². The van der Waals surface area contributed by atoms with Crippen LogP contribution in [0, 0.1) is 26.0 Å². The number of halogens is 2. The number of nitrogens with zero attached hydrogens (tertiary/aromatic N) is 2. The van der Waals surface area contributed by atoms with Crippen molar-refractivity contribution in [3.8, 4) is 11.5 Å². The zero-order chi connectivity index (χ0) is 15.6. The molecular weight excluding hydrogens is 307 g/mol. The van der Waals surface area contributed by atoms with E-state index in [1.165, 1.54) is 12.1 Å². The second kappa shape index (κ2) is 5.71. The van der Waals surface area contributed by atoms with Crippen LogP contribution in [-0.4, -0.2) is 9.85 Å². The molecule has 0 aliphatic carbocycles. The Labute approximate surface area is 121 Å². The largest absolute Gasteiger partial charge is 0.443 e. The summed E-state index contributed by atoms with van der Waals surface area (Å²) in [5, 5.41) is 21.9. The van der Waals surface area contributed by atoms with Gasteiger partial charge in [0, 0.05) is 17.2 Å². The van der Waals surface area contributed by atoms with E-state index in [-0.39, 0.29) is 10.8 Å². The van der Waals surface area contributed by atoms with Gasteiger partial charge in [-0.15, -0.1) is 0 Å². The first-order chi connectivity index (χ1) is 9.90. The standard InChI is InChI=1S/C12H6ClFN2O5/c13-7-4-5-9(15(17)18)11(6-7)21-10-3-1-2-8(14)12(10)16(19)20/h1-6H. The molecule has 108 valence electrons. The number of nitro benzene ring substituents is 2. The minimum atomic E-state index is -1.11. The number of ether oxygens (including phenoxy) is 1. The van der Waals surface area contributed by atoms with Crippen LogP contribution in [-0.2, 0) is 0 Å². The summed E-state index contributed by atoms with van der Waals surface area (Å²) in [6.45, 7) is 0. The first-order valence-corrected chi connectivity index (χ1v) is 5.82. The summed E-state index contributed by atoms with van der Waals surface area (Å²) >= 11 is 5.71. The Morgan fingerprint density at radius 3 is 2.38 bits per heavy atom. The van der Waals surface area contributed by atoms with E-state index in [0.29, 0.717) is 0 Å². The molecule has 0 spiro atoms. The Morgan fingerprint density at radius 1 is 1.05 bits per heavy atom. The third-order valence-electron chi connectivity index (χ3n) is 2.47. The molecule has 0 heterocycles. The van der Waals surface area contributed by atoms with Crippen molar-refractivity contribution in [3.05, 3.63) is 67.5 Å². The Balaban J connectivity index is 2.53. The smallest absolute Gasteiger partial charge is 0.346 e. The van der Waals surface area contributed by atoms with E-state index in [1.54, 1.807) is 0 Å². The second-order valence-corrected chi connectivity index (χ2v) is 4.25. The van der Waals surface area contributed by atoms with Gasteiger partial charge in [0.1, 0.15) is 0 Å². The molecule has 0 saturated carbocycles. The monoisotopic (exact) mass is 312 g/mol. The number of nitro groups is 2. The first kappa shape index (κ1) is 14.7. The number of hydrogen-bond donors (Lipinski definition) is 0. The van der Waals surface area contributed by atoms with E-state index in [9.17, 15) is 24.6 Å². The third kappa shape index (κ3) is 3.06. The average molecular weight is 313 g/mol. The lowest BCUT2D eigenvalue weighted by atomic mass is 10.2. The molecule has 0 bridgehead atoms. The number of benzene rings is 2. The predicted octanol–water partition coefficient (Wildman–Crippen LogP) is 4.09. The fourth-order valence-corrected chi connectivity index (χ4v) is 1.76. The average Bonchev–Trinajstić information content (AvgIpc) is 2.37. The molecule has 21 heavy (non-hydrogen) atoms. The van der Waals surface area contributed by atoms with E-state index in [2.05, 4.69) is 0 Å². The lowest BCUT2D eigenvalue weighted by Gasteiger charge is -2.07. The first-order valence-electron chi connectivity index (χ1n) is 5.45. The van der Waals surface area contributed by atoms with Gasteiger partial charge in [0.2, 0.25) is 17.3 Å². The highest BCUT2D eigenvalue weighted by molar-refractivity contribution is 6.30. The summed E-state index contributed by atoms with van der Waals surface area (Å²) in [7, 11) is 0. The summed E-state index contributed by atoms with van der Waals surface area (Å²) in [4.78, 5) is 20.0. The van der Waals surface area contributed by atoms with E-state index >= 15 is 0 Å². The molecule has 7 nitrogen and oxygen atoms in total. The SMILES string of the molecule is O=[N+]([O-])c1ccc(Cl)cc1Oc1cccc(F)c1[N+](=O)[O-]. The molecule has 2 rings (SSSR count). The van der Waals surface area contributed by atoms with E-state index in [4.69, 9.17) is 16.3 Å². The normalized spacial score (nSPS) is 10.2. The fraction of sp³-hybridized carbons (Fsp3) is 0. The van der Waals surface area contributed by atoms with Gasteiger partial charge in [-0.05, 0) is 18.2 Å². The number of rotatable bonds is 4. The minimum absolute atomic E-state index is 0.134. The molecule has 0 radical (unpaired) electrons. The van der Waals surface area contributed by atoms with Crippen molar-refractivity contribution in [1.29, 1.82) is 0 Å². The van der Waals surface area contributed by atoms with Crippen molar-refractivity contribution in [1.82, 2.24) is 0 Å². The quantitative estimate of drug-likeness (QED) is 0.626. The van der Waals surface area contributed by atoms with Crippen LogP contribution in [0.15, 0.2) is 36.4 Å². The Morgan fingerprint density at radius 2 is 1.76 bits per heavy atom. The van der Waals surface area contributed by atoms with Gasteiger partial charge in [0.25, 0.3) is 0 Å². The predicted molar refractivity (Wildman–Crippen MR) is 71.2 cm³/mol. The molecule has 2 aromatic rings.